The maximum Gasteiger partial charge on any atom is 0.304 e. The van der Waals surface area contributed by atoms with E-state index in [0.29, 0.717) is 4.90 Å². The van der Waals surface area contributed by atoms with Crippen LogP contribution >= 0.6 is 11.8 Å². The molecule has 1 unspecified atom stereocenters. The second-order valence-electron chi connectivity index (χ2n) is 2.96. The van der Waals surface area contributed by atoms with Crippen LogP contribution in [0.15, 0.2) is 29.2 Å². The standard InChI is InChI=1S/C10H11FO2S/c1-7(6-10(12)13)14-9-5-3-2-4-8(9)11/h2-5,7H,6H2,1H3,(H,12,13). The van der Waals surface area contributed by atoms with Gasteiger partial charge in [-0.25, -0.2) is 4.39 Å². The molecule has 0 aliphatic heterocycles. The van der Waals surface area contributed by atoms with Crippen LogP contribution in [-0.4, -0.2) is 16.3 Å². The average Bonchev–Trinajstić information content (AvgIpc) is 2.07. The summed E-state index contributed by atoms with van der Waals surface area (Å²) in [6.07, 6.45) is 0.0407. The van der Waals surface area contributed by atoms with E-state index in [-0.39, 0.29) is 17.5 Å². The van der Waals surface area contributed by atoms with Gasteiger partial charge in [0.05, 0.1) is 6.42 Å². The topological polar surface area (TPSA) is 37.3 Å². The van der Waals surface area contributed by atoms with Crippen LogP contribution < -0.4 is 0 Å². The quantitative estimate of drug-likeness (QED) is 0.783. The lowest BCUT2D eigenvalue weighted by molar-refractivity contribution is -0.136. The first kappa shape index (κ1) is 11.0. The van der Waals surface area contributed by atoms with Gasteiger partial charge in [-0.05, 0) is 12.1 Å². The molecule has 1 atom stereocenters. The molecule has 0 fully saturated rings. The highest BCUT2D eigenvalue weighted by molar-refractivity contribution is 8.00. The van der Waals surface area contributed by atoms with Gasteiger partial charge in [0.2, 0.25) is 0 Å². The second-order valence-corrected chi connectivity index (χ2v) is 4.44. The number of thioether (sulfide) groups is 1. The Bertz CT molecular complexity index is 328. The monoisotopic (exact) mass is 214 g/mol. The van der Waals surface area contributed by atoms with Gasteiger partial charge >= 0.3 is 5.97 Å². The Morgan fingerprint density at radius 1 is 1.57 bits per heavy atom. The van der Waals surface area contributed by atoms with Crippen LogP contribution in [-0.2, 0) is 4.79 Å². The SMILES string of the molecule is CC(CC(=O)O)Sc1ccccc1F. The molecule has 0 aliphatic carbocycles. The lowest BCUT2D eigenvalue weighted by atomic mass is 10.3. The molecule has 2 nitrogen and oxygen atoms in total. The van der Waals surface area contributed by atoms with Crippen LogP contribution in [0.5, 0.6) is 0 Å². The van der Waals surface area contributed by atoms with Gasteiger partial charge in [-0.3, -0.25) is 4.79 Å². The minimum atomic E-state index is -0.860. The Kier molecular flexibility index (Phi) is 3.95. The van der Waals surface area contributed by atoms with Gasteiger partial charge in [-0.15, -0.1) is 11.8 Å². The highest BCUT2D eigenvalue weighted by Crippen LogP contribution is 2.27. The van der Waals surface area contributed by atoms with Crippen LogP contribution in [0.4, 0.5) is 4.39 Å². The summed E-state index contributed by atoms with van der Waals surface area (Å²) in [4.78, 5) is 10.9. The molecule has 1 aromatic rings. The minimum absolute atomic E-state index is 0.0407. The van der Waals surface area contributed by atoms with Crippen molar-refractivity contribution in [3.63, 3.8) is 0 Å². The summed E-state index contributed by atoms with van der Waals surface area (Å²) in [7, 11) is 0. The first-order valence-corrected chi connectivity index (χ1v) is 5.10. The second kappa shape index (κ2) is 5.00. The van der Waals surface area contributed by atoms with E-state index in [2.05, 4.69) is 0 Å². The van der Waals surface area contributed by atoms with E-state index in [4.69, 9.17) is 5.11 Å². The Balaban J connectivity index is 2.60. The lowest BCUT2D eigenvalue weighted by Crippen LogP contribution is -2.05. The van der Waals surface area contributed by atoms with Gasteiger partial charge in [0, 0.05) is 10.1 Å². The molecule has 14 heavy (non-hydrogen) atoms. The number of aliphatic carboxylic acids is 1. The minimum Gasteiger partial charge on any atom is -0.481 e. The van der Waals surface area contributed by atoms with Gasteiger partial charge in [-0.1, -0.05) is 19.1 Å². The molecule has 0 saturated carbocycles. The van der Waals surface area contributed by atoms with Crippen molar-refractivity contribution in [2.24, 2.45) is 0 Å². The van der Waals surface area contributed by atoms with E-state index in [1.54, 1.807) is 25.1 Å². The molecule has 0 heterocycles. The molecule has 1 N–H and O–H groups in total. The summed E-state index contributed by atoms with van der Waals surface area (Å²) in [5, 5.41) is 8.40. The molecule has 0 amide bonds. The third-order valence-corrected chi connectivity index (χ3v) is 2.78. The molecule has 0 spiro atoms. The normalized spacial score (nSPS) is 12.4. The van der Waals surface area contributed by atoms with Gasteiger partial charge in [0.1, 0.15) is 5.82 Å². The van der Waals surface area contributed by atoms with Crippen LogP contribution in [0.2, 0.25) is 0 Å². The molecule has 76 valence electrons. The van der Waals surface area contributed by atoms with Crippen molar-refractivity contribution in [1.29, 1.82) is 0 Å². The predicted molar refractivity (Wildman–Crippen MR) is 54.0 cm³/mol. The Morgan fingerprint density at radius 3 is 2.79 bits per heavy atom. The van der Waals surface area contributed by atoms with Crippen molar-refractivity contribution in [3.05, 3.63) is 30.1 Å². The van der Waals surface area contributed by atoms with E-state index < -0.39 is 5.97 Å². The molecule has 0 aliphatic rings. The zero-order valence-electron chi connectivity index (χ0n) is 7.74. The first-order valence-electron chi connectivity index (χ1n) is 4.22. The summed E-state index contributed by atoms with van der Waals surface area (Å²) in [6, 6.07) is 6.37. The molecule has 0 aromatic heterocycles. The lowest BCUT2D eigenvalue weighted by Gasteiger charge is -2.08. The number of hydrogen-bond donors (Lipinski definition) is 1. The fourth-order valence-corrected chi connectivity index (χ4v) is 2.04. The van der Waals surface area contributed by atoms with E-state index in [1.807, 2.05) is 0 Å². The smallest absolute Gasteiger partial charge is 0.304 e. The van der Waals surface area contributed by atoms with Crippen molar-refractivity contribution >= 4 is 17.7 Å². The van der Waals surface area contributed by atoms with E-state index in [1.165, 1.54) is 17.8 Å². The number of hydrogen-bond acceptors (Lipinski definition) is 2. The fourth-order valence-electron chi connectivity index (χ4n) is 1.04. The van der Waals surface area contributed by atoms with Crippen LogP contribution in [0, 0.1) is 5.82 Å². The van der Waals surface area contributed by atoms with E-state index in [9.17, 15) is 9.18 Å². The Morgan fingerprint density at radius 2 is 2.21 bits per heavy atom. The molecule has 1 rings (SSSR count). The van der Waals surface area contributed by atoms with Crippen molar-refractivity contribution in [2.45, 2.75) is 23.5 Å². The molecule has 0 radical (unpaired) electrons. The largest absolute Gasteiger partial charge is 0.481 e. The van der Waals surface area contributed by atoms with Crippen LogP contribution in [0.3, 0.4) is 0 Å². The van der Waals surface area contributed by atoms with Gasteiger partial charge < -0.3 is 5.11 Å². The Hall–Kier alpha value is -1.03. The van der Waals surface area contributed by atoms with Crippen molar-refractivity contribution in [3.8, 4) is 0 Å². The summed E-state index contributed by atoms with van der Waals surface area (Å²) in [5.41, 5.74) is 0. The zero-order valence-corrected chi connectivity index (χ0v) is 8.55. The predicted octanol–water partition coefficient (Wildman–Crippen LogP) is 2.78. The number of carboxylic acid groups (broad SMARTS) is 1. The number of halogens is 1. The van der Waals surface area contributed by atoms with Gasteiger partial charge in [0.15, 0.2) is 0 Å². The molecular formula is C10H11FO2S. The van der Waals surface area contributed by atoms with Crippen LogP contribution in [0.25, 0.3) is 0 Å². The van der Waals surface area contributed by atoms with Crippen molar-refractivity contribution in [2.75, 3.05) is 0 Å². The number of rotatable bonds is 4. The molecule has 0 saturated heterocycles. The third-order valence-electron chi connectivity index (χ3n) is 1.63. The molecular weight excluding hydrogens is 203 g/mol. The number of benzene rings is 1. The summed E-state index contributed by atoms with van der Waals surface area (Å²) >= 11 is 1.24. The first-order chi connectivity index (χ1) is 6.59. The van der Waals surface area contributed by atoms with Crippen molar-refractivity contribution in [1.82, 2.24) is 0 Å². The summed E-state index contributed by atoms with van der Waals surface area (Å²) in [5.74, 6) is -1.16. The highest BCUT2D eigenvalue weighted by atomic mass is 32.2. The molecule has 0 bridgehead atoms. The fraction of sp³-hybridized carbons (Fsp3) is 0.300. The Labute approximate surface area is 86.1 Å². The maximum absolute atomic E-state index is 13.1. The summed E-state index contributed by atoms with van der Waals surface area (Å²) < 4.78 is 13.1. The van der Waals surface area contributed by atoms with Gasteiger partial charge in [-0.2, -0.15) is 0 Å². The number of carboxylic acids is 1. The molecule has 1 aromatic carbocycles. The highest BCUT2D eigenvalue weighted by Gasteiger charge is 2.11. The third kappa shape index (κ3) is 3.38. The zero-order chi connectivity index (χ0) is 10.6. The molecule has 4 heteroatoms. The summed E-state index contributed by atoms with van der Waals surface area (Å²) in [6.45, 7) is 1.77. The average molecular weight is 214 g/mol. The van der Waals surface area contributed by atoms with E-state index >= 15 is 0 Å². The van der Waals surface area contributed by atoms with Crippen LogP contribution in [0.1, 0.15) is 13.3 Å². The van der Waals surface area contributed by atoms with E-state index in [0.717, 1.165) is 0 Å². The van der Waals surface area contributed by atoms with Gasteiger partial charge in [0.25, 0.3) is 0 Å². The van der Waals surface area contributed by atoms with Crippen molar-refractivity contribution < 1.29 is 14.3 Å². The maximum atomic E-state index is 13.1. The number of carbonyl (C=O) groups is 1.